The van der Waals surface area contributed by atoms with Gasteiger partial charge in [0.05, 0.1) is 18.3 Å². The van der Waals surface area contributed by atoms with Gasteiger partial charge in [0.25, 0.3) is 10.0 Å². The van der Waals surface area contributed by atoms with E-state index in [1.807, 2.05) is 0 Å². The van der Waals surface area contributed by atoms with Gasteiger partial charge in [-0.3, -0.25) is 4.72 Å². The van der Waals surface area contributed by atoms with Crippen LogP contribution in [0.3, 0.4) is 0 Å². The van der Waals surface area contributed by atoms with Crippen molar-refractivity contribution >= 4 is 44.6 Å². The lowest BCUT2D eigenvalue weighted by atomic mass is 10.3. The predicted molar refractivity (Wildman–Crippen MR) is 75.7 cm³/mol. The molecule has 0 unspecified atom stereocenters. The third-order valence-electron chi connectivity index (χ3n) is 2.23. The van der Waals surface area contributed by atoms with Crippen molar-refractivity contribution in [2.24, 2.45) is 0 Å². The molecule has 0 spiro atoms. The zero-order chi connectivity index (χ0) is 14.8. The highest BCUT2D eigenvalue weighted by atomic mass is 35.5. The van der Waals surface area contributed by atoms with Gasteiger partial charge >= 0.3 is 5.97 Å². The summed E-state index contributed by atoms with van der Waals surface area (Å²) in [6, 6.07) is 6.22. The van der Waals surface area contributed by atoms with Gasteiger partial charge in [-0.25, -0.2) is 18.2 Å². The summed E-state index contributed by atoms with van der Waals surface area (Å²) in [5, 5.41) is 0.391. The minimum Gasteiger partial charge on any atom is -0.464 e. The van der Waals surface area contributed by atoms with Crippen LogP contribution in [-0.2, 0) is 14.8 Å². The zero-order valence-corrected chi connectivity index (χ0v) is 12.6. The number of nitrogens with one attached hydrogen (secondary N) is 1. The number of thiazole rings is 1. The van der Waals surface area contributed by atoms with E-state index >= 15 is 0 Å². The van der Waals surface area contributed by atoms with Crippen LogP contribution in [0.2, 0.25) is 5.02 Å². The lowest BCUT2D eigenvalue weighted by Crippen LogP contribution is -2.16. The third kappa shape index (κ3) is 3.09. The number of benzene rings is 1. The first-order valence-corrected chi connectivity index (χ1v) is 7.98. The molecule has 0 aliphatic heterocycles. The Morgan fingerprint density at radius 1 is 1.45 bits per heavy atom. The van der Waals surface area contributed by atoms with E-state index < -0.39 is 16.0 Å². The number of esters is 1. The number of ether oxygens (including phenoxy) is 1. The maximum absolute atomic E-state index is 12.2. The van der Waals surface area contributed by atoms with Crippen LogP contribution in [0.15, 0.2) is 34.0 Å². The van der Waals surface area contributed by atoms with E-state index in [0.717, 1.165) is 18.4 Å². The molecule has 20 heavy (non-hydrogen) atoms. The second-order valence-electron chi connectivity index (χ2n) is 3.60. The molecule has 0 aliphatic rings. The molecule has 1 N–H and O–H groups in total. The van der Waals surface area contributed by atoms with Crippen LogP contribution in [0.5, 0.6) is 0 Å². The molecule has 1 heterocycles. The smallest absolute Gasteiger partial charge is 0.358 e. The maximum Gasteiger partial charge on any atom is 0.358 e. The van der Waals surface area contributed by atoms with Gasteiger partial charge in [0.2, 0.25) is 0 Å². The number of carbonyl (C=O) groups excluding carboxylic acids is 1. The summed E-state index contributed by atoms with van der Waals surface area (Å²) in [6.45, 7) is 0. The van der Waals surface area contributed by atoms with Gasteiger partial charge in [0.15, 0.2) is 9.90 Å². The lowest BCUT2D eigenvalue weighted by Gasteiger charge is -2.07. The quantitative estimate of drug-likeness (QED) is 0.869. The molecule has 1 aromatic carbocycles. The fraction of sp³-hybridized carbons (Fsp3) is 0.0909. The number of rotatable bonds is 4. The first-order chi connectivity index (χ1) is 9.44. The van der Waals surface area contributed by atoms with Gasteiger partial charge in [-0.2, -0.15) is 0 Å². The molecule has 0 saturated carbocycles. The predicted octanol–water partition coefficient (Wildman–Crippen LogP) is 2.38. The molecule has 6 nitrogen and oxygen atoms in total. The van der Waals surface area contributed by atoms with E-state index in [1.165, 1.54) is 11.6 Å². The number of halogens is 1. The van der Waals surface area contributed by atoms with E-state index in [2.05, 4.69) is 14.4 Å². The van der Waals surface area contributed by atoms with Crippen molar-refractivity contribution in [3.05, 3.63) is 40.5 Å². The summed E-state index contributed by atoms with van der Waals surface area (Å²) < 4.78 is 31.1. The van der Waals surface area contributed by atoms with Crippen LogP contribution < -0.4 is 4.72 Å². The van der Waals surface area contributed by atoms with E-state index in [-0.39, 0.29) is 9.90 Å². The minimum atomic E-state index is -3.93. The van der Waals surface area contributed by atoms with Crippen molar-refractivity contribution in [3.8, 4) is 0 Å². The molecule has 2 aromatic rings. The van der Waals surface area contributed by atoms with Gasteiger partial charge in [-0.15, -0.1) is 11.3 Å². The highest BCUT2D eigenvalue weighted by Crippen LogP contribution is 2.24. The summed E-state index contributed by atoms with van der Waals surface area (Å²) >= 11 is 6.61. The minimum absolute atomic E-state index is 0.204. The molecule has 0 saturated heterocycles. The average molecular weight is 333 g/mol. The highest BCUT2D eigenvalue weighted by Gasteiger charge is 2.26. The maximum atomic E-state index is 12.2. The SMILES string of the molecule is COC(=O)c1ncsc1S(=O)(=O)Nc1cccc(Cl)c1. The van der Waals surface area contributed by atoms with Crippen LogP contribution in [0.1, 0.15) is 10.5 Å². The second kappa shape index (κ2) is 5.78. The summed E-state index contributed by atoms with van der Waals surface area (Å²) in [4.78, 5) is 15.2. The standard InChI is InChI=1S/C11H9ClN2O4S2/c1-18-10(15)9-11(19-6-13-9)20(16,17)14-8-4-2-3-7(12)5-8/h2-6,14H,1H3. The zero-order valence-electron chi connectivity index (χ0n) is 10.2. The summed E-state index contributed by atoms with van der Waals surface area (Å²) in [6.07, 6.45) is 0. The van der Waals surface area contributed by atoms with Crippen molar-refractivity contribution in [1.82, 2.24) is 4.98 Å². The first-order valence-electron chi connectivity index (χ1n) is 5.24. The molecule has 0 aliphatic carbocycles. The Balaban J connectivity index is 2.36. The molecular weight excluding hydrogens is 324 g/mol. The molecule has 106 valence electrons. The van der Waals surface area contributed by atoms with E-state index in [0.29, 0.717) is 10.7 Å². The van der Waals surface area contributed by atoms with E-state index in [9.17, 15) is 13.2 Å². The van der Waals surface area contributed by atoms with Gasteiger partial charge in [0.1, 0.15) is 0 Å². The van der Waals surface area contributed by atoms with Gasteiger partial charge in [-0.05, 0) is 18.2 Å². The van der Waals surface area contributed by atoms with Gasteiger partial charge in [-0.1, -0.05) is 17.7 Å². The van der Waals surface area contributed by atoms with Crippen molar-refractivity contribution in [1.29, 1.82) is 0 Å². The van der Waals surface area contributed by atoms with Crippen LogP contribution in [0, 0.1) is 0 Å². The Morgan fingerprint density at radius 3 is 2.85 bits per heavy atom. The number of aromatic nitrogens is 1. The molecular formula is C11H9ClN2O4S2. The van der Waals surface area contributed by atoms with Gasteiger partial charge in [0, 0.05) is 5.02 Å². The van der Waals surface area contributed by atoms with Crippen LogP contribution in [0.4, 0.5) is 5.69 Å². The number of anilines is 1. The van der Waals surface area contributed by atoms with Crippen molar-refractivity contribution in [2.75, 3.05) is 11.8 Å². The number of hydrogen-bond donors (Lipinski definition) is 1. The first kappa shape index (κ1) is 14.8. The van der Waals surface area contributed by atoms with Crippen LogP contribution in [-0.4, -0.2) is 26.5 Å². The van der Waals surface area contributed by atoms with Gasteiger partial charge < -0.3 is 4.74 Å². The number of carbonyl (C=O) groups is 1. The summed E-state index contributed by atoms with van der Waals surface area (Å²) in [5.74, 6) is -0.808. The number of hydrogen-bond acceptors (Lipinski definition) is 6. The van der Waals surface area contributed by atoms with Crippen molar-refractivity contribution in [3.63, 3.8) is 0 Å². The molecule has 0 radical (unpaired) electrons. The Labute approximate surface area is 124 Å². The normalized spacial score (nSPS) is 11.1. The number of methoxy groups -OCH3 is 1. The largest absolute Gasteiger partial charge is 0.464 e. The Kier molecular flexibility index (Phi) is 4.26. The number of sulfonamides is 1. The van der Waals surface area contributed by atoms with Crippen molar-refractivity contribution < 1.29 is 17.9 Å². The fourth-order valence-electron chi connectivity index (χ4n) is 1.41. The third-order valence-corrected chi connectivity index (χ3v) is 5.22. The van der Waals surface area contributed by atoms with E-state index in [1.54, 1.807) is 18.2 Å². The summed E-state index contributed by atoms with van der Waals surface area (Å²) in [7, 11) is -2.77. The molecule has 1 aromatic heterocycles. The fourth-order valence-corrected chi connectivity index (χ4v) is 3.79. The van der Waals surface area contributed by atoms with Crippen LogP contribution in [0.25, 0.3) is 0 Å². The Morgan fingerprint density at radius 2 is 2.20 bits per heavy atom. The number of nitrogens with zero attached hydrogens (tertiary/aromatic N) is 1. The van der Waals surface area contributed by atoms with Crippen LogP contribution >= 0.6 is 22.9 Å². The second-order valence-corrected chi connectivity index (χ2v) is 6.76. The lowest BCUT2D eigenvalue weighted by molar-refractivity contribution is 0.0590. The molecule has 0 atom stereocenters. The molecule has 0 bridgehead atoms. The topological polar surface area (TPSA) is 85.4 Å². The Bertz CT molecular complexity index is 742. The molecule has 0 fully saturated rings. The average Bonchev–Trinajstić information content (AvgIpc) is 2.87. The Hall–Kier alpha value is -1.64. The van der Waals surface area contributed by atoms with Crippen molar-refractivity contribution in [2.45, 2.75) is 4.21 Å². The van der Waals surface area contributed by atoms with E-state index in [4.69, 9.17) is 11.6 Å². The molecule has 0 amide bonds. The molecule has 9 heteroatoms. The molecule has 2 rings (SSSR count). The monoisotopic (exact) mass is 332 g/mol. The summed E-state index contributed by atoms with van der Waals surface area (Å²) in [5.41, 5.74) is 1.31. The highest BCUT2D eigenvalue weighted by molar-refractivity contribution is 7.94.